The summed E-state index contributed by atoms with van der Waals surface area (Å²) < 4.78 is 25.5. The van der Waals surface area contributed by atoms with Crippen LogP contribution < -0.4 is 9.64 Å². The number of nitrogens with one attached hydrogen (secondary N) is 1. The molecular formula is C35H38ClFN10O2. The molecule has 1 aliphatic carbocycles. The Morgan fingerprint density at radius 1 is 1.08 bits per heavy atom. The van der Waals surface area contributed by atoms with Crippen molar-refractivity contribution in [2.24, 2.45) is 0 Å². The normalized spacial score (nSPS) is 19.0. The number of anilines is 1. The van der Waals surface area contributed by atoms with Crippen molar-refractivity contribution in [3.8, 4) is 17.3 Å². The van der Waals surface area contributed by atoms with E-state index in [2.05, 4.69) is 25.1 Å². The van der Waals surface area contributed by atoms with Crippen LogP contribution in [0.15, 0.2) is 24.5 Å². The molecule has 4 aromatic heterocycles. The third kappa shape index (κ3) is 5.11. The highest BCUT2D eigenvalue weighted by molar-refractivity contribution is 6.33. The Bertz CT molecular complexity index is 2110. The van der Waals surface area contributed by atoms with Gasteiger partial charge in [-0.3, -0.25) is 24.5 Å². The molecule has 0 bridgehead atoms. The molecule has 1 saturated carbocycles. The maximum Gasteiger partial charge on any atom is 0.319 e. The number of hydrogen-bond donors (Lipinski definition) is 1. The van der Waals surface area contributed by atoms with E-state index in [4.69, 9.17) is 31.3 Å². The van der Waals surface area contributed by atoms with Crippen molar-refractivity contribution in [2.45, 2.75) is 69.5 Å². The largest absolute Gasteiger partial charge is 0.461 e. The van der Waals surface area contributed by atoms with Gasteiger partial charge in [0.1, 0.15) is 23.6 Å². The molecule has 0 atom stereocenters. The summed E-state index contributed by atoms with van der Waals surface area (Å²) in [6.45, 7) is 4.31. The van der Waals surface area contributed by atoms with Gasteiger partial charge in [-0.15, -0.1) is 0 Å². The van der Waals surface area contributed by atoms with E-state index in [-0.39, 0.29) is 34.6 Å². The summed E-state index contributed by atoms with van der Waals surface area (Å²) in [6.07, 6.45) is 10.5. The van der Waals surface area contributed by atoms with Gasteiger partial charge in [-0.05, 0) is 81.6 Å². The highest BCUT2D eigenvalue weighted by Crippen LogP contribution is 2.50. The molecule has 1 N–H and O–H groups in total. The van der Waals surface area contributed by atoms with Gasteiger partial charge in [0.15, 0.2) is 11.5 Å². The number of rotatable bonds is 7. The molecule has 3 aliphatic heterocycles. The zero-order chi connectivity index (χ0) is 33.4. The van der Waals surface area contributed by atoms with Crippen molar-refractivity contribution in [1.82, 2.24) is 44.7 Å². The van der Waals surface area contributed by atoms with Crippen molar-refractivity contribution in [3.63, 3.8) is 0 Å². The molecule has 49 heavy (non-hydrogen) atoms. The minimum absolute atomic E-state index is 0.0300. The number of halogens is 2. The van der Waals surface area contributed by atoms with E-state index in [1.807, 2.05) is 16.8 Å². The molecule has 7 heterocycles. The first-order valence-corrected chi connectivity index (χ1v) is 17.6. The van der Waals surface area contributed by atoms with Gasteiger partial charge < -0.3 is 14.5 Å². The minimum Gasteiger partial charge on any atom is -0.461 e. The molecule has 0 radical (unpaired) electrons. The van der Waals surface area contributed by atoms with E-state index in [0.29, 0.717) is 53.7 Å². The monoisotopic (exact) mass is 684 g/mol. The third-order valence-corrected chi connectivity index (χ3v) is 11.1. The van der Waals surface area contributed by atoms with Crippen molar-refractivity contribution in [1.29, 1.82) is 0 Å². The van der Waals surface area contributed by atoms with Crippen molar-refractivity contribution >= 4 is 45.1 Å². The molecule has 12 nitrogen and oxygen atoms in total. The Morgan fingerprint density at radius 3 is 2.67 bits per heavy atom. The fraction of sp³-hybridized carbons (Fsp3) is 0.486. The van der Waals surface area contributed by atoms with Crippen LogP contribution in [0, 0.1) is 5.82 Å². The molecular weight excluding hydrogens is 647 g/mol. The number of amides is 1. The van der Waals surface area contributed by atoms with Crippen LogP contribution >= 0.6 is 11.6 Å². The average Bonchev–Trinajstić information content (AvgIpc) is 3.36. The lowest BCUT2D eigenvalue weighted by molar-refractivity contribution is 0.0821. The number of hydrogen-bond acceptors (Lipinski definition) is 9. The fourth-order valence-electron chi connectivity index (χ4n) is 8.24. The first-order chi connectivity index (χ1) is 23.8. The lowest BCUT2D eigenvalue weighted by atomic mass is 9.95. The number of ether oxygens (including phenoxy) is 1. The Balaban J connectivity index is 1.18. The van der Waals surface area contributed by atoms with Gasteiger partial charge in [-0.1, -0.05) is 11.6 Å². The van der Waals surface area contributed by atoms with Crippen LogP contribution in [0.2, 0.25) is 5.02 Å². The Labute approximate surface area is 287 Å². The number of benzene rings is 1. The Morgan fingerprint density at radius 2 is 1.90 bits per heavy atom. The summed E-state index contributed by atoms with van der Waals surface area (Å²) in [4.78, 5) is 33.4. The summed E-state index contributed by atoms with van der Waals surface area (Å²) >= 11 is 6.83. The lowest BCUT2D eigenvalue weighted by Gasteiger charge is -2.31. The fourth-order valence-corrected chi connectivity index (χ4v) is 8.60. The van der Waals surface area contributed by atoms with Crippen LogP contribution in [0.25, 0.3) is 33.1 Å². The number of fused-ring (bicyclic) bond motifs is 4. The van der Waals surface area contributed by atoms with E-state index in [9.17, 15) is 4.79 Å². The van der Waals surface area contributed by atoms with Crippen molar-refractivity contribution in [2.75, 3.05) is 45.2 Å². The van der Waals surface area contributed by atoms with Crippen LogP contribution in [0.3, 0.4) is 0 Å². The van der Waals surface area contributed by atoms with Crippen LogP contribution in [0.1, 0.15) is 72.6 Å². The van der Waals surface area contributed by atoms with Crippen LogP contribution in [-0.4, -0.2) is 96.5 Å². The van der Waals surface area contributed by atoms with Crippen LogP contribution in [0.5, 0.6) is 6.01 Å². The number of carbonyl (C=O) groups is 1. The average molecular weight is 685 g/mol. The summed E-state index contributed by atoms with van der Waals surface area (Å²) in [5.74, 6) is 0.0876. The number of H-pyrrole nitrogens is 1. The second-order valence-electron chi connectivity index (χ2n) is 14.2. The zero-order valence-corrected chi connectivity index (χ0v) is 28.4. The first kappa shape index (κ1) is 30.7. The van der Waals surface area contributed by atoms with Gasteiger partial charge in [-0.25, -0.2) is 4.39 Å². The third-order valence-electron chi connectivity index (χ3n) is 10.8. The number of aromatic nitrogens is 7. The quantitative estimate of drug-likeness (QED) is 0.235. The van der Waals surface area contributed by atoms with E-state index in [1.165, 1.54) is 4.90 Å². The number of aryl methyl sites for hydroxylation is 1. The summed E-state index contributed by atoms with van der Waals surface area (Å²) in [5.41, 5.74) is 3.87. The van der Waals surface area contributed by atoms with E-state index >= 15 is 4.39 Å². The molecule has 5 aromatic rings. The maximum absolute atomic E-state index is 17.2. The lowest BCUT2D eigenvalue weighted by Crippen LogP contribution is -2.43. The van der Waals surface area contributed by atoms with Gasteiger partial charge in [0.2, 0.25) is 0 Å². The van der Waals surface area contributed by atoms with Gasteiger partial charge in [-0.2, -0.15) is 20.2 Å². The molecule has 3 fully saturated rings. The molecule has 4 aliphatic rings. The second-order valence-corrected chi connectivity index (χ2v) is 14.6. The number of pyridine rings is 1. The molecule has 14 heteroatoms. The summed E-state index contributed by atoms with van der Waals surface area (Å²) in [5, 5.41) is 13.7. The maximum atomic E-state index is 17.2. The van der Waals surface area contributed by atoms with Crippen molar-refractivity contribution < 1.29 is 13.9 Å². The number of aromatic amines is 1. The molecule has 1 amide bonds. The van der Waals surface area contributed by atoms with Crippen LogP contribution in [-0.2, 0) is 13.1 Å². The van der Waals surface area contributed by atoms with E-state index in [1.54, 1.807) is 26.5 Å². The summed E-state index contributed by atoms with van der Waals surface area (Å²) in [6, 6.07) is 3.85. The van der Waals surface area contributed by atoms with Gasteiger partial charge in [0, 0.05) is 49.4 Å². The topological polar surface area (TPSA) is 121 Å². The second kappa shape index (κ2) is 11.6. The van der Waals surface area contributed by atoms with E-state index in [0.717, 1.165) is 80.2 Å². The highest BCUT2D eigenvalue weighted by Gasteiger charge is 2.45. The summed E-state index contributed by atoms with van der Waals surface area (Å²) in [7, 11) is 3.43. The predicted octanol–water partition coefficient (Wildman–Crippen LogP) is 5.55. The Hall–Kier alpha value is -4.36. The number of carbonyl (C=O) groups excluding carboxylic acids is 1. The first-order valence-electron chi connectivity index (χ1n) is 17.2. The van der Waals surface area contributed by atoms with Crippen molar-refractivity contribution in [3.05, 3.63) is 52.3 Å². The zero-order valence-electron chi connectivity index (χ0n) is 27.7. The molecule has 0 spiro atoms. The Kier molecular flexibility index (Phi) is 7.27. The predicted molar refractivity (Wildman–Crippen MR) is 184 cm³/mol. The van der Waals surface area contributed by atoms with E-state index < -0.39 is 5.82 Å². The minimum atomic E-state index is -0.544. The van der Waals surface area contributed by atoms with Gasteiger partial charge in [0.05, 0.1) is 34.9 Å². The highest BCUT2D eigenvalue weighted by atomic mass is 35.5. The smallest absolute Gasteiger partial charge is 0.319 e. The molecule has 9 rings (SSSR count). The SMILES string of the molecule is CN(C)C(=O)c1cc2n(n1)CCCN(c1nc(OCC34CCCN3CCC4)nc3c(F)c(-c4c(C5CC5)c(Cl)cc5[nH]ncc45)ncc13)C2. The molecule has 2 saturated heterocycles. The van der Waals surface area contributed by atoms with Crippen LogP contribution in [0.4, 0.5) is 10.2 Å². The number of nitrogens with zero attached hydrogens (tertiary/aromatic N) is 9. The molecule has 254 valence electrons. The molecule has 1 aromatic carbocycles. The standard InChI is InChI=1S/C35H38ClFN10O2/c1-44(2)33(48)26-14-21-18-45(10-5-13-47(21)43-26)32-23-16-38-31(28-22-17-39-42-25(22)15-24(36)27(28)20-6-7-20)29(37)30(23)40-34(41-32)49-19-35-8-3-11-46(35)12-4-9-35/h14-17,20H,3-13,18-19H2,1-2H3,(H,39,42). The van der Waals surface area contributed by atoms with Gasteiger partial charge >= 0.3 is 6.01 Å². The molecule has 0 unspecified atom stereocenters. The van der Waals surface area contributed by atoms with Gasteiger partial charge in [0.25, 0.3) is 5.91 Å².